The van der Waals surface area contributed by atoms with Gasteiger partial charge >= 0.3 is 0 Å². The average molecular weight is 340 g/mol. The molecule has 25 heavy (non-hydrogen) atoms. The SMILES string of the molecule is Cc1n[nH]c(C(=O)NCc2ccc(OCc3ccccc3F)cc2)n1. The first kappa shape index (κ1) is 16.6. The Morgan fingerprint density at radius 2 is 1.96 bits per heavy atom. The van der Waals surface area contributed by atoms with E-state index in [1.165, 1.54) is 6.07 Å². The summed E-state index contributed by atoms with van der Waals surface area (Å²) in [6.07, 6.45) is 0. The number of carbonyl (C=O) groups is 1. The fraction of sp³-hybridized carbons (Fsp3) is 0.167. The van der Waals surface area contributed by atoms with Gasteiger partial charge in [0.1, 0.15) is 24.0 Å². The van der Waals surface area contributed by atoms with Gasteiger partial charge < -0.3 is 10.1 Å². The topological polar surface area (TPSA) is 79.9 Å². The molecule has 1 heterocycles. The Balaban J connectivity index is 1.52. The Morgan fingerprint density at radius 1 is 1.20 bits per heavy atom. The number of aryl methyl sites for hydroxylation is 1. The second-order valence-electron chi connectivity index (χ2n) is 5.44. The number of nitrogens with one attached hydrogen (secondary N) is 2. The van der Waals surface area contributed by atoms with Gasteiger partial charge in [0.2, 0.25) is 5.82 Å². The Hall–Kier alpha value is -3.22. The number of halogens is 1. The first-order valence-electron chi connectivity index (χ1n) is 7.74. The number of amides is 1. The van der Waals surface area contributed by atoms with Crippen LogP contribution in [0.4, 0.5) is 4.39 Å². The summed E-state index contributed by atoms with van der Waals surface area (Å²) in [7, 11) is 0. The van der Waals surface area contributed by atoms with Gasteiger partial charge in [-0.3, -0.25) is 9.89 Å². The molecule has 0 bridgehead atoms. The molecule has 0 aliphatic rings. The van der Waals surface area contributed by atoms with E-state index in [9.17, 15) is 9.18 Å². The molecule has 0 aliphatic carbocycles. The quantitative estimate of drug-likeness (QED) is 0.723. The van der Waals surface area contributed by atoms with E-state index in [0.717, 1.165) is 5.56 Å². The summed E-state index contributed by atoms with van der Waals surface area (Å²) in [5.41, 5.74) is 1.41. The molecular weight excluding hydrogens is 323 g/mol. The van der Waals surface area contributed by atoms with Crippen molar-refractivity contribution in [3.8, 4) is 5.75 Å². The van der Waals surface area contributed by atoms with E-state index in [4.69, 9.17) is 4.74 Å². The molecule has 0 saturated carbocycles. The highest BCUT2D eigenvalue weighted by atomic mass is 19.1. The molecule has 0 spiro atoms. The number of aromatic amines is 1. The van der Waals surface area contributed by atoms with Crippen LogP contribution in [0.5, 0.6) is 5.75 Å². The molecule has 0 unspecified atom stereocenters. The highest BCUT2D eigenvalue weighted by Crippen LogP contribution is 2.15. The third-order valence-electron chi connectivity index (χ3n) is 3.54. The summed E-state index contributed by atoms with van der Waals surface area (Å²) in [5.74, 6) is 0.720. The molecule has 1 amide bonds. The van der Waals surface area contributed by atoms with E-state index in [-0.39, 0.29) is 24.2 Å². The molecule has 128 valence electrons. The van der Waals surface area contributed by atoms with Crippen LogP contribution in [-0.2, 0) is 13.2 Å². The number of H-pyrrole nitrogens is 1. The zero-order valence-corrected chi connectivity index (χ0v) is 13.6. The van der Waals surface area contributed by atoms with Gasteiger partial charge in [-0.25, -0.2) is 9.37 Å². The third kappa shape index (κ3) is 4.41. The summed E-state index contributed by atoms with van der Waals surface area (Å²) >= 11 is 0. The van der Waals surface area contributed by atoms with Crippen molar-refractivity contribution in [2.45, 2.75) is 20.1 Å². The first-order valence-corrected chi connectivity index (χ1v) is 7.74. The van der Waals surface area contributed by atoms with E-state index in [1.807, 2.05) is 12.1 Å². The van der Waals surface area contributed by atoms with Crippen molar-refractivity contribution in [1.82, 2.24) is 20.5 Å². The van der Waals surface area contributed by atoms with Gasteiger partial charge in [0.05, 0.1) is 0 Å². The van der Waals surface area contributed by atoms with Gasteiger partial charge in [0.25, 0.3) is 5.91 Å². The number of rotatable bonds is 6. The van der Waals surface area contributed by atoms with Crippen molar-refractivity contribution in [3.05, 3.63) is 77.1 Å². The Morgan fingerprint density at radius 3 is 2.64 bits per heavy atom. The van der Waals surface area contributed by atoms with Crippen LogP contribution in [0.2, 0.25) is 0 Å². The molecule has 3 aromatic rings. The van der Waals surface area contributed by atoms with Crippen molar-refractivity contribution in [2.75, 3.05) is 0 Å². The molecule has 0 atom stereocenters. The molecule has 6 nitrogen and oxygen atoms in total. The second kappa shape index (κ2) is 7.57. The van der Waals surface area contributed by atoms with Crippen LogP contribution in [0.1, 0.15) is 27.6 Å². The Bertz CT molecular complexity index is 862. The maximum absolute atomic E-state index is 13.5. The number of nitrogens with zero attached hydrogens (tertiary/aromatic N) is 2. The summed E-state index contributed by atoms with van der Waals surface area (Å²) in [5, 5.41) is 9.13. The lowest BCUT2D eigenvalue weighted by Crippen LogP contribution is -2.24. The van der Waals surface area contributed by atoms with Gasteiger partial charge in [-0.05, 0) is 30.7 Å². The predicted octanol–water partition coefficient (Wildman–Crippen LogP) is 2.76. The van der Waals surface area contributed by atoms with Crippen molar-refractivity contribution >= 4 is 5.91 Å². The maximum Gasteiger partial charge on any atom is 0.288 e. The van der Waals surface area contributed by atoms with E-state index in [1.54, 1.807) is 37.3 Å². The molecule has 1 aromatic heterocycles. The Kier molecular flexibility index (Phi) is 5.03. The summed E-state index contributed by atoms with van der Waals surface area (Å²) in [6.45, 7) is 2.22. The van der Waals surface area contributed by atoms with Crippen LogP contribution < -0.4 is 10.1 Å². The first-order chi connectivity index (χ1) is 12.1. The number of hydrogen-bond donors (Lipinski definition) is 2. The Labute approximate surface area is 144 Å². The minimum Gasteiger partial charge on any atom is -0.489 e. The third-order valence-corrected chi connectivity index (χ3v) is 3.54. The molecule has 0 fully saturated rings. The average Bonchev–Trinajstić information content (AvgIpc) is 3.06. The van der Waals surface area contributed by atoms with Crippen LogP contribution in [0.3, 0.4) is 0 Å². The standard InChI is InChI=1S/C18H17FN4O2/c1-12-21-17(23-22-12)18(24)20-10-13-6-8-15(9-7-13)25-11-14-4-2-3-5-16(14)19/h2-9H,10-11H2,1H3,(H,20,24)(H,21,22,23). The molecule has 0 radical (unpaired) electrons. The smallest absolute Gasteiger partial charge is 0.288 e. The highest BCUT2D eigenvalue weighted by molar-refractivity contribution is 5.90. The largest absolute Gasteiger partial charge is 0.489 e. The fourth-order valence-corrected chi connectivity index (χ4v) is 2.19. The van der Waals surface area contributed by atoms with E-state index in [2.05, 4.69) is 20.5 Å². The van der Waals surface area contributed by atoms with Crippen molar-refractivity contribution < 1.29 is 13.9 Å². The van der Waals surface area contributed by atoms with Gasteiger partial charge in [0.15, 0.2) is 0 Å². The minimum absolute atomic E-state index is 0.160. The molecule has 2 aromatic carbocycles. The summed E-state index contributed by atoms with van der Waals surface area (Å²) in [4.78, 5) is 15.9. The van der Waals surface area contributed by atoms with Gasteiger partial charge in [-0.1, -0.05) is 30.3 Å². The lowest BCUT2D eigenvalue weighted by Gasteiger charge is -2.08. The molecule has 7 heteroatoms. The number of benzene rings is 2. The molecular formula is C18H17FN4O2. The number of ether oxygens (including phenoxy) is 1. The second-order valence-corrected chi connectivity index (χ2v) is 5.44. The monoisotopic (exact) mass is 340 g/mol. The molecule has 0 saturated heterocycles. The van der Waals surface area contributed by atoms with Gasteiger partial charge in [-0.15, -0.1) is 0 Å². The lowest BCUT2D eigenvalue weighted by molar-refractivity contribution is 0.0941. The van der Waals surface area contributed by atoms with Crippen LogP contribution in [-0.4, -0.2) is 21.1 Å². The highest BCUT2D eigenvalue weighted by Gasteiger charge is 2.09. The van der Waals surface area contributed by atoms with E-state index < -0.39 is 0 Å². The normalized spacial score (nSPS) is 10.5. The summed E-state index contributed by atoms with van der Waals surface area (Å²) in [6, 6.07) is 13.7. The fourth-order valence-electron chi connectivity index (χ4n) is 2.19. The number of carbonyl (C=O) groups excluding carboxylic acids is 1. The van der Waals surface area contributed by atoms with Crippen LogP contribution in [0.15, 0.2) is 48.5 Å². The zero-order chi connectivity index (χ0) is 17.6. The zero-order valence-electron chi connectivity index (χ0n) is 13.6. The molecule has 2 N–H and O–H groups in total. The van der Waals surface area contributed by atoms with E-state index >= 15 is 0 Å². The number of aromatic nitrogens is 3. The van der Waals surface area contributed by atoms with Crippen LogP contribution in [0, 0.1) is 12.7 Å². The predicted molar refractivity (Wildman–Crippen MR) is 89.5 cm³/mol. The van der Waals surface area contributed by atoms with Gasteiger partial charge in [-0.2, -0.15) is 5.10 Å². The van der Waals surface area contributed by atoms with E-state index in [0.29, 0.717) is 23.7 Å². The summed E-state index contributed by atoms with van der Waals surface area (Å²) < 4.78 is 19.1. The number of hydrogen-bond acceptors (Lipinski definition) is 4. The lowest BCUT2D eigenvalue weighted by atomic mass is 10.2. The maximum atomic E-state index is 13.5. The molecule has 3 rings (SSSR count). The molecule has 0 aliphatic heterocycles. The van der Waals surface area contributed by atoms with Gasteiger partial charge in [0, 0.05) is 12.1 Å². The van der Waals surface area contributed by atoms with Crippen molar-refractivity contribution in [1.29, 1.82) is 0 Å². The van der Waals surface area contributed by atoms with Crippen molar-refractivity contribution in [3.63, 3.8) is 0 Å². The van der Waals surface area contributed by atoms with Crippen LogP contribution >= 0.6 is 0 Å². The van der Waals surface area contributed by atoms with Crippen LogP contribution in [0.25, 0.3) is 0 Å². The van der Waals surface area contributed by atoms with Crippen molar-refractivity contribution in [2.24, 2.45) is 0 Å². The minimum atomic E-state index is -0.319.